The third-order valence-corrected chi connectivity index (χ3v) is 2.73. The molecule has 0 atom stereocenters. The molecule has 0 radical (unpaired) electrons. The van der Waals surface area contributed by atoms with Crippen LogP contribution < -0.4 is 9.47 Å². The van der Waals surface area contributed by atoms with Gasteiger partial charge in [-0.2, -0.15) is 0 Å². The Morgan fingerprint density at radius 1 is 1.29 bits per heavy atom. The second-order valence-electron chi connectivity index (χ2n) is 3.46. The van der Waals surface area contributed by atoms with Crippen molar-refractivity contribution < 1.29 is 9.47 Å². The van der Waals surface area contributed by atoms with Crippen LogP contribution in [0.1, 0.15) is 0 Å². The average Bonchev–Trinajstić information content (AvgIpc) is 2.86. The molecular formula is C12H13ClN2O2. The molecule has 0 saturated carbocycles. The Labute approximate surface area is 105 Å². The van der Waals surface area contributed by atoms with Crippen molar-refractivity contribution in [3.05, 3.63) is 30.7 Å². The first-order valence-corrected chi connectivity index (χ1v) is 5.62. The van der Waals surface area contributed by atoms with E-state index in [1.54, 1.807) is 25.1 Å². The molecular weight excluding hydrogens is 240 g/mol. The van der Waals surface area contributed by atoms with Gasteiger partial charge >= 0.3 is 0 Å². The number of ether oxygens (including phenoxy) is 2. The van der Waals surface area contributed by atoms with E-state index >= 15 is 0 Å². The van der Waals surface area contributed by atoms with Crippen LogP contribution in [0.3, 0.4) is 0 Å². The summed E-state index contributed by atoms with van der Waals surface area (Å²) in [6.07, 6.45) is 3.56. The second-order valence-corrected chi connectivity index (χ2v) is 3.70. The summed E-state index contributed by atoms with van der Waals surface area (Å²) < 4.78 is 12.3. The van der Waals surface area contributed by atoms with Crippen molar-refractivity contribution in [1.29, 1.82) is 0 Å². The Balaban J connectivity index is 2.43. The standard InChI is InChI=1S/C12H13ClN2O2/c1-16-9-3-4-10(12(5-9)17-2)11-6-15(7-13)8-14-11/h3-6,8H,7H2,1-2H3. The van der Waals surface area contributed by atoms with Crippen LogP contribution in [0.4, 0.5) is 0 Å². The van der Waals surface area contributed by atoms with Gasteiger partial charge in [0.05, 0.1) is 32.2 Å². The molecule has 0 aliphatic rings. The Morgan fingerprint density at radius 3 is 2.71 bits per heavy atom. The number of rotatable bonds is 4. The van der Waals surface area contributed by atoms with E-state index in [1.807, 2.05) is 24.4 Å². The van der Waals surface area contributed by atoms with Gasteiger partial charge < -0.3 is 14.0 Å². The number of hydrogen-bond acceptors (Lipinski definition) is 3. The van der Waals surface area contributed by atoms with Crippen molar-refractivity contribution in [1.82, 2.24) is 9.55 Å². The molecule has 0 spiro atoms. The number of halogens is 1. The van der Waals surface area contributed by atoms with Gasteiger partial charge in [-0.1, -0.05) is 0 Å². The molecule has 1 aromatic carbocycles. The molecule has 0 aliphatic heterocycles. The van der Waals surface area contributed by atoms with E-state index in [0.29, 0.717) is 6.00 Å². The molecule has 17 heavy (non-hydrogen) atoms. The maximum Gasteiger partial charge on any atom is 0.132 e. The van der Waals surface area contributed by atoms with Crippen LogP contribution in [0.15, 0.2) is 30.7 Å². The van der Waals surface area contributed by atoms with Gasteiger partial charge in [-0.25, -0.2) is 4.98 Å². The highest BCUT2D eigenvalue weighted by Gasteiger charge is 2.09. The Hall–Kier alpha value is -1.68. The Morgan fingerprint density at radius 2 is 2.12 bits per heavy atom. The highest BCUT2D eigenvalue weighted by molar-refractivity contribution is 6.15. The van der Waals surface area contributed by atoms with E-state index in [4.69, 9.17) is 21.1 Å². The van der Waals surface area contributed by atoms with Crippen molar-refractivity contribution in [2.75, 3.05) is 14.2 Å². The molecule has 4 nitrogen and oxygen atoms in total. The fourth-order valence-electron chi connectivity index (χ4n) is 1.57. The lowest BCUT2D eigenvalue weighted by Gasteiger charge is -2.08. The first kappa shape index (κ1) is 11.8. The summed E-state index contributed by atoms with van der Waals surface area (Å²) in [5.74, 6) is 1.48. The van der Waals surface area contributed by atoms with Crippen molar-refractivity contribution in [3.8, 4) is 22.8 Å². The monoisotopic (exact) mass is 252 g/mol. The molecule has 1 aromatic heterocycles. The normalized spacial score (nSPS) is 10.3. The van der Waals surface area contributed by atoms with Gasteiger partial charge in [0.2, 0.25) is 0 Å². The van der Waals surface area contributed by atoms with Crippen LogP contribution in [0.5, 0.6) is 11.5 Å². The van der Waals surface area contributed by atoms with Crippen LogP contribution in [-0.4, -0.2) is 23.8 Å². The number of imidazole rings is 1. The van der Waals surface area contributed by atoms with Gasteiger partial charge in [-0.05, 0) is 12.1 Å². The van der Waals surface area contributed by atoms with Gasteiger partial charge in [0.15, 0.2) is 0 Å². The second kappa shape index (κ2) is 5.10. The zero-order valence-corrected chi connectivity index (χ0v) is 10.4. The number of hydrogen-bond donors (Lipinski definition) is 0. The van der Waals surface area contributed by atoms with Crippen molar-refractivity contribution in [2.24, 2.45) is 0 Å². The number of nitrogens with zero attached hydrogens (tertiary/aromatic N) is 2. The molecule has 1 heterocycles. The van der Waals surface area contributed by atoms with Crippen LogP contribution in [0.2, 0.25) is 0 Å². The van der Waals surface area contributed by atoms with Crippen molar-refractivity contribution in [2.45, 2.75) is 6.00 Å². The summed E-state index contributed by atoms with van der Waals surface area (Å²) in [5.41, 5.74) is 1.74. The molecule has 0 bridgehead atoms. The molecule has 0 amide bonds. The first-order chi connectivity index (χ1) is 8.28. The summed E-state index contributed by atoms with van der Waals surface area (Å²) in [6, 6.07) is 6.00. The molecule has 0 N–H and O–H groups in total. The maximum atomic E-state index is 5.72. The summed E-state index contributed by atoms with van der Waals surface area (Å²) in [4.78, 5) is 4.28. The number of methoxy groups -OCH3 is 2. The number of benzene rings is 1. The molecule has 0 saturated heterocycles. The Kier molecular flexibility index (Phi) is 3.54. The van der Waals surface area contributed by atoms with Crippen LogP contribution in [-0.2, 0) is 6.00 Å². The smallest absolute Gasteiger partial charge is 0.132 e. The minimum atomic E-state index is 0.380. The Bertz CT molecular complexity index is 511. The number of alkyl halides is 1. The van der Waals surface area contributed by atoms with Crippen LogP contribution in [0.25, 0.3) is 11.3 Å². The van der Waals surface area contributed by atoms with E-state index < -0.39 is 0 Å². The fourth-order valence-corrected chi connectivity index (χ4v) is 1.71. The molecule has 2 aromatic rings. The van der Waals surface area contributed by atoms with E-state index in [2.05, 4.69) is 4.98 Å². The summed E-state index contributed by atoms with van der Waals surface area (Å²) in [7, 11) is 3.24. The average molecular weight is 253 g/mol. The number of aromatic nitrogens is 2. The van der Waals surface area contributed by atoms with E-state index in [9.17, 15) is 0 Å². The lowest BCUT2D eigenvalue weighted by molar-refractivity contribution is 0.395. The van der Waals surface area contributed by atoms with E-state index in [-0.39, 0.29) is 0 Å². The highest BCUT2D eigenvalue weighted by atomic mass is 35.5. The van der Waals surface area contributed by atoms with E-state index in [1.165, 1.54) is 0 Å². The van der Waals surface area contributed by atoms with Gasteiger partial charge in [0.25, 0.3) is 0 Å². The summed E-state index contributed by atoms with van der Waals surface area (Å²) >= 11 is 5.72. The minimum absolute atomic E-state index is 0.380. The zero-order chi connectivity index (χ0) is 12.3. The lowest BCUT2D eigenvalue weighted by Crippen LogP contribution is -1.90. The predicted octanol–water partition coefficient (Wildman–Crippen LogP) is 2.76. The zero-order valence-electron chi connectivity index (χ0n) is 9.68. The van der Waals surface area contributed by atoms with E-state index in [0.717, 1.165) is 22.8 Å². The molecule has 0 fully saturated rings. The van der Waals surface area contributed by atoms with Crippen LogP contribution >= 0.6 is 11.6 Å². The fraction of sp³-hybridized carbons (Fsp3) is 0.250. The van der Waals surface area contributed by atoms with Crippen molar-refractivity contribution in [3.63, 3.8) is 0 Å². The quantitative estimate of drug-likeness (QED) is 0.785. The molecule has 0 aliphatic carbocycles. The molecule has 0 unspecified atom stereocenters. The SMILES string of the molecule is COc1ccc(-c2cn(CCl)cn2)c(OC)c1. The van der Waals surface area contributed by atoms with Gasteiger partial charge in [-0.3, -0.25) is 0 Å². The predicted molar refractivity (Wildman–Crippen MR) is 66.6 cm³/mol. The minimum Gasteiger partial charge on any atom is -0.497 e. The van der Waals surface area contributed by atoms with Gasteiger partial charge in [0, 0.05) is 17.8 Å². The highest BCUT2D eigenvalue weighted by Crippen LogP contribution is 2.32. The summed E-state index contributed by atoms with van der Waals surface area (Å²) in [5, 5.41) is 0. The van der Waals surface area contributed by atoms with Gasteiger partial charge in [0.1, 0.15) is 11.5 Å². The third-order valence-electron chi connectivity index (χ3n) is 2.46. The van der Waals surface area contributed by atoms with Crippen LogP contribution in [0, 0.1) is 0 Å². The largest absolute Gasteiger partial charge is 0.497 e. The topological polar surface area (TPSA) is 36.3 Å². The molecule has 2 rings (SSSR count). The maximum absolute atomic E-state index is 5.72. The summed E-state index contributed by atoms with van der Waals surface area (Å²) in [6.45, 7) is 0. The lowest BCUT2D eigenvalue weighted by atomic mass is 10.1. The first-order valence-electron chi connectivity index (χ1n) is 5.08. The van der Waals surface area contributed by atoms with Gasteiger partial charge in [-0.15, -0.1) is 11.6 Å². The van der Waals surface area contributed by atoms with Crippen molar-refractivity contribution >= 4 is 11.6 Å². The molecule has 5 heteroatoms. The third kappa shape index (κ3) is 2.36. The molecule has 90 valence electrons.